The predicted molar refractivity (Wildman–Crippen MR) is 140 cm³/mol. The van der Waals surface area contributed by atoms with E-state index in [-0.39, 0.29) is 25.8 Å². The van der Waals surface area contributed by atoms with E-state index < -0.39 is 40.5 Å². The SMILES string of the molecule is C/C=C/CCCCCCCCCCCCC[N+](C(CC)C(=O)O)(C(CC)C(=O)O)C(CC)C(=O)O. The van der Waals surface area contributed by atoms with Gasteiger partial charge in [0, 0.05) is 19.3 Å². The molecule has 0 saturated carbocycles. The Labute approximate surface area is 213 Å². The zero-order chi connectivity index (χ0) is 26.7. The molecule has 7 heteroatoms. The lowest BCUT2D eigenvalue weighted by Crippen LogP contribution is -2.72. The Morgan fingerprint density at radius 3 is 1.20 bits per heavy atom. The molecule has 0 amide bonds. The lowest BCUT2D eigenvalue weighted by atomic mass is 9.93. The minimum Gasteiger partial charge on any atom is -0.477 e. The molecule has 35 heavy (non-hydrogen) atoms. The highest BCUT2D eigenvalue weighted by molar-refractivity contribution is 5.78. The van der Waals surface area contributed by atoms with Gasteiger partial charge < -0.3 is 15.3 Å². The maximum absolute atomic E-state index is 12.2. The minimum absolute atomic E-state index is 0.193. The quantitative estimate of drug-likeness (QED) is 0.0826. The summed E-state index contributed by atoms with van der Waals surface area (Å²) in [4.78, 5) is 36.6. The first-order valence-electron chi connectivity index (χ1n) is 13.9. The van der Waals surface area contributed by atoms with E-state index >= 15 is 0 Å². The maximum Gasteiger partial charge on any atom is 0.362 e. The van der Waals surface area contributed by atoms with Gasteiger partial charge in [-0.05, 0) is 32.6 Å². The van der Waals surface area contributed by atoms with Crippen LogP contribution in [0.2, 0.25) is 0 Å². The summed E-state index contributed by atoms with van der Waals surface area (Å²) in [5.74, 6) is -3.35. The molecule has 0 aliphatic rings. The van der Waals surface area contributed by atoms with E-state index in [4.69, 9.17) is 0 Å². The van der Waals surface area contributed by atoms with Crippen molar-refractivity contribution in [2.45, 2.75) is 142 Å². The number of hydrogen-bond acceptors (Lipinski definition) is 3. The zero-order valence-electron chi connectivity index (χ0n) is 22.7. The second kappa shape index (κ2) is 19.3. The van der Waals surface area contributed by atoms with Crippen molar-refractivity contribution < 1.29 is 34.2 Å². The summed E-state index contributed by atoms with van der Waals surface area (Å²) in [5.41, 5.74) is 0. The van der Waals surface area contributed by atoms with Crippen LogP contribution in [0.5, 0.6) is 0 Å². The number of nitrogens with zero attached hydrogens (tertiary/aromatic N) is 1. The molecule has 3 unspecified atom stereocenters. The number of carboxylic acid groups (broad SMARTS) is 3. The van der Waals surface area contributed by atoms with Crippen molar-refractivity contribution in [1.29, 1.82) is 0 Å². The number of carbonyl (C=O) groups is 3. The van der Waals surface area contributed by atoms with E-state index in [2.05, 4.69) is 19.1 Å². The van der Waals surface area contributed by atoms with E-state index in [1.807, 2.05) is 0 Å². The van der Waals surface area contributed by atoms with Gasteiger partial charge in [-0.2, -0.15) is 0 Å². The number of quaternary nitrogens is 1. The molecule has 0 heterocycles. The van der Waals surface area contributed by atoms with Crippen LogP contribution in [0.4, 0.5) is 0 Å². The van der Waals surface area contributed by atoms with Crippen LogP contribution >= 0.6 is 0 Å². The van der Waals surface area contributed by atoms with Gasteiger partial charge in [0.15, 0.2) is 18.1 Å². The van der Waals surface area contributed by atoms with Gasteiger partial charge in [-0.25, -0.2) is 14.4 Å². The third-order valence-corrected chi connectivity index (χ3v) is 7.41. The Balaban J connectivity index is 4.92. The Kier molecular flexibility index (Phi) is 18.3. The van der Waals surface area contributed by atoms with Crippen molar-refractivity contribution in [3.05, 3.63) is 12.2 Å². The molecule has 0 spiro atoms. The molecule has 3 atom stereocenters. The fourth-order valence-electron chi connectivity index (χ4n) is 5.69. The standard InChI is InChI=1S/C28H51NO6/c1-5-9-10-11-12-13-14-15-16-17-18-19-20-21-22-29(23(6-2)26(30)31,24(7-3)27(32)33)25(8-4)28(34)35/h5,9,23-25H,6-8,10-22H2,1-4H3,(H2-,30,31,32,33,34,35)/p+1/b9-5+. The van der Waals surface area contributed by atoms with Gasteiger partial charge >= 0.3 is 17.9 Å². The summed E-state index contributed by atoms with van der Waals surface area (Å²) in [5, 5.41) is 29.9. The van der Waals surface area contributed by atoms with E-state index in [0.717, 1.165) is 19.3 Å². The third kappa shape index (κ3) is 11.1. The molecule has 0 aromatic heterocycles. The average Bonchev–Trinajstić information content (AvgIpc) is 2.79. The summed E-state index contributed by atoms with van der Waals surface area (Å²) >= 11 is 0. The van der Waals surface area contributed by atoms with Crippen LogP contribution in [0.15, 0.2) is 12.2 Å². The van der Waals surface area contributed by atoms with Crippen molar-refractivity contribution in [2.24, 2.45) is 0 Å². The predicted octanol–water partition coefficient (Wildman–Crippen LogP) is 6.65. The maximum atomic E-state index is 12.2. The first-order valence-corrected chi connectivity index (χ1v) is 13.9. The molecule has 0 bridgehead atoms. The van der Waals surface area contributed by atoms with Gasteiger partial charge in [-0.15, -0.1) is 0 Å². The zero-order valence-corrected chi connectivity index (χ0v) is 22.7. The highest BCUT2D eigenvalue weighted by atomic mass is 16.4. The second-order valence-electron chi connectivity index (χ2n) is 9.75. The molecule has 3 N–H and O–H groups in total. The molecule has 0 fully saturated rings. The number of carboxylic acids is 3. The Morgan fingerprint density at radius 1 is 0.600 bits per heavy atom. The molecular formula is C28H52NO6+. The van der Waals surface area contributed by atoms with Crippen molar-refractivity contribution >= 4 is 17.9 Å². The smallest absolute Gasteiger partial charge is 0.362 e. The van der Waals surface area contributed by atoms with Gasteiger partial charge in [-0.3, -0.25) is 4.48 Å². The van der Waals surface area contributed by atoms with E-state index in [1.165, 1.54) is 51.4 Å². The van der Waals surface area contributed by atoms with E-state index in [9.17, 15) is 29.7 Å². The lowest BCUT2D eigenvalue weighted by molar-refractivity contribution is -0.973. The fourth-order valence-corrected chi connectivity index (χ4v) is 5.69. The Morgan fingerprint density at radius 2 is 0.914 bits per heavy atom. The largest absolute Gasteiger partial charge is 0.477 e. The number of hydrogen-bond donors (Lipinski definition) is 3. The highest BCUT2D eigenvalue weighted by Crippen LogP contribution is 2.32. The third-order valence-electron chi connectivity index (χ3n) is 7.41. The van der Waals surface area contributed by atoms with Crippen molar-refractivity contribution in [3.8, 4) is 0 Å². The second-order valence-corrected chi connectivity index (χ2v) is 9.75. The number of rotatable bonds is 23. The van der Waals surface area contributed by atoms with Gasteiger partial charge in [0.05, 0.1) is 6.54 Å². The Bertz CT molecular complexity index is 578. The van der Waals surface area contributed by atoms with Gasteiger partial charge in [-0.1, -0.05) is 84.3 Å². The molecule has 0 radical (unpaired) electrons. The lowest BCUT2D eigenvalue weighted by Gasteiger charge is -2.49. The minimum atomic E-state index is -1.12. The fraction of sp³-hybridized carbons (Fsp3) is 0.821. The number of unbranched alkanes of at least 4 members (excludes halogenated alkanes) is 11. The molecule has 0 aromatic rings. The van der Waals surface area contributed by atoms with Crippen LogP contribution in [0, 0.1) is 0 Å². The Hall–Kier alpha value is -1.89. The molecule has 0 saturated heterocycles. The summed E-state index contributed by atoms with van der Waals surface area (Å²) in [6.45, 7) is 7.43. The average molecular weight is 499 g/mol. The van der Waals surface area contributed by atoms with Crippen LogP contribution in [0.25, 0.3) is 0 Å². The van der Waals surface area contributed by atoms with E-state index in [1.54, 1.807) is 20.8 Å². The summed E-state index contributed by atoms with van der Waals surface area (Å²) in [6.07, 6.45) is 18.5. The van der Waals surface area contributed by atoms with E-state index in [0.29, 0.717) is 6.42 Å². The molecule has 0 aliphatic carbocycles. The molecule has 7 nitrogen and oxygen atoms in total. The number of allylic oxidation sites excluding steroid dienone is 2. The summed E-state index contributed by atoms with van der Waals surface area (Å²) in [6, 6.07) is -3.18. The first kappa shape index (κ1) is 33.1. The summed E-state index contributed by atoms with van der Waals surface area (Å²) < 4.78 is -0.405. The van der Waals surface area contributed by atoms with Crippen LogP contribution in [0.3, 0.4) is 0 Å². The van der Waals surface area contributed by atoms with Gasteiger partial charge in [0.25, 0.3) is 0 Å². The summed E-state index contributed by atoms with van der Waals surface area (Å²) in [7, 11) is 0. The molecule has 204 valence electrons. The molecule has 0 aliphatic heterocycles. The number of aliphatic carboxylic acids is 3. The van der Waals surface area contributed by atoms with Gasteiger partial charge in [0.1, 0.15) is 0 Å². The van der Waals surface area contributed by atoms with Crippen molar-refractivity contribution in [1.82, 2.24) is 0 Å². The molecule has 0 rings (SSSR count). The van der Waals surface area contributed by atoms with Crippen LogP contribution in [-0.2, 0) is 14.4 Å². The van der Waals surface area contributed by atoms with Crippen molar-refractivity contribution in [2.75, 3.05) is 6.54 Å². The normalized spacial score (nSPS) is 16.0. The molecular weight excluding hydrogens is 446 g/mol. The first-order chi connectivity index (χ1) is 16.7. The molecule has 0 aromatic carbocycles. The topological polar surface area (TPSA) is 112 Å². The van der Waals surface area contributed by atoms with Crippen molar-refractivity contribution in [3.63, 3.8) is 0 Å². The monoisotopic (exact) mass is 498 g/mol. The van der Waals surface area contributed by atoms with Gasteiger partial charge in [0.2, 0.25) is 0 Å². The van der Waals surface area contributed by atoms with Crippen LogP contribution in [-0.4, -0.2) is 62.4 Å². The van der Waals surface area contributed by atoms with Crippen LogP contribution in [0.1, 0.15) is 124 Å². The van der Waals surface area contributed by atoms with Crippen LogP contribution < -0.4 is 0 Å². The highest BCUT2D eigenvalue weighted by Gasteiger charge is 2.55.